The van der Waals surface area contributed by atoms with Gasteiger partial charge in [-0.1, -0.05) is 12.1 Å². The van der Waals surface area contributed by atoms with Crippen LogP contribution >= 0.6 is 11.8 Å². The minimum absolute atomic E-state index is 0.106. The maximum absolute atomic E-state index is 12.3. The number of amides is 2. The lowest BCUT2D eigenvalue weighted by molar-refractivity contribution is 0.251. The molecule has 6 heteroatoms. The zero-order valence-corrected chi connectivity index (χ0v) is 15.5. The summed E-state index contributed by atoms with van der Waals surface area (Å²) in [4.78, 5) is 17.0. The highest BCUT2D eigenvalue weighted by Crippen LogP contribution is 2.37. The van der Waals surface area contributed by atoms with Crippen LogP contribution in [0.25, 0.3) is 0 Å². The van der Waals surface area contributed by atoms with Crippen LogP contribution in [0, 0.1) is 0 Å². The summed E-state index contributed by atoms with van der Waals surface area (Å²) < 4.78 is 0.189. The molecular formula is C18H28N4OS. The van der Waals surface area contributed by atoms with E-state index in [4.69, 9.17) is 0 Å². The molecule has 1 unspecified atom stereocenters. The highest BCUT2D eigenvalue weighted by molar-refractivity contribution is 8.00. The van der Waals surface area contributed by atoms with Gasteiger partial charge < -0.3 is 20.4 Å². The third-order valence-corrected chi connectivity index (χ3v) is 6.46. The van der Waals surface area contributed by atoms with Crippen molar-refractivity contribution in [1.82, 2.24) is 10.2 Å². The molecule has 1 atom stereocenters. The average Bonchev–Trinajstić information content (AvgIpc) is 3.02. The summed E-state index contributed by atoms with van der Waals surface area (Å²) in [5, 5.41) is 6.10. The van der Waals surface area contributed by atoms with Gasteiger partial charge in [-0.25, -0.2) is 4.79 Å². The molecule has 132 valence electrons. The van der Waals surface area contributed by atoms with Gasteiger partial charge in [0.1, 0.15) is 0 Å². The quantitative estimate of drug-likeness (QED) is 0.878. The molecule has 2 saturated heterocycles. The first-order chi connectivity index (χ1) is 11.6. The van der Waals surface area contributed by atoms with Crippen molar-refractivity contribution in [2.45, 2.75) is 24.5 Å². The summed E-state index contributed by atoms with van der Waals surface area (Å²) in [6.45, 7) is 7.05. The minimum atomic E-state index is -0.106. The summed E-state index contributed by atoms with van der Waals surface area (Å²) in [7, 11) is 2.15. The van der Waals surface area contributed by atoms with E-state index < -0.39 is 0 Å². The van der Waals surface area contributed by atoms with Gasteiger partial charge in [-0.05, 0) is 44.7 Å². The second-order valence-electron chi connectivity index (χ2n) is 7.02. The van der Waals surface area contributed by atoms with Crippen LogP contribution in [0.1, 0.15) is 19.8 Å². The number of hydrogen-bond acceptors (Lipinski definition) is 4. The molecule has 1 aromatic rings. The minimum Gasteiger partial charge on any atom is -0.367 e. The molecule has 0 aromatic heterocycles. The molecule has 3 rings (SSSR count). The average molecular weight is 349 g/mol. The van der Waals surface area contributed by atoms with E-state index in [1.165, 1.54) is 18.6 Å². The molecule has 0 radical (unpaired) electrons. The van der Waals surface area contributed by atoms with Crippen molar-refractivity contribution in [3.8, 4) is 0 Å². The largest absolute Gasteiger partial charge is 0.367 e. The molecule has 2 aliphatic heterocycles. The highest BCUT2D eigenvalue weighted by Gasteiger charge is 2.29. The number of hydrogen-bond donors (Lipinski definition) is 2. The van der Waals surface area contributed by atoms with E-state index in [9.17, 15) is 4.79 Å². The highest BCUT2D eigenvalue weighted by atomic mass is 32.2. The third kappa shape index (κ3) is 4.36. The lowest BCUT2D eigenvalue weighted by Crippen LogP contribution is -2.45. The first-order valence-electron chi connectivity index (χ1n) is 8.77. The van der Waals surface area contributed by atoms with Crippen LogP contribution in [0.4, 0.5) is 16.2 Å². The Morgan fingerprint density at radius 1 is 1.25 bits per heavy atom. The van der Waals surface area contributed by atoms with E-state index in [0.717, 1.165) is 44.1 Å². The summed E-state index contributed by atoms with van der Waals surface area (Å²) in [5.74, 6) is 1.20. The molecular weight excluding hydrogens is 320 g/mol. The molecule has 0 bridgehead atoms. The summed E-state index contributed by atoms with van der Waals surface area (Å²) in [6.07, 6.45) is 2.42. The van der Waals surface area contributed by atoms with Gasteiger partial charge in [0.05, 0.1) is 11.4 Å². The van der Waals surface area contributed by atoms with Crippen LogP contribution < -0.4 is 15.5 Å². The second kappa shape index (κ2) is 7.66. The number of thioether (sulfide) groups is 1. The number of piperazine rings is 1. The maximum Gasteiger partial charge on any atom is 0.319 e. The molecule has 2 N–H and O–H groups in total. The molecule has 2 amide bonds. The lowest BCUT2D eigenvalue weighted by Gasteiger charge is -2.35. The van der Waals surface area contributed by atoms with Gasteiger partial charge in [-0.15, -0.1) is 0 Å². The number of nitrogens with zero attached hydrogens (tertiary/aromatic N) is 2. The summed E-state index contributed by atoms with van der Waals surface area (Å²) in [5.41, 5.74) is 2.01. The molecule has 24 heavy (non-hydrogen) atoms. The van der Waals surface area contributed by atoms with E-state index in [1.807, 2.05) is 30.0 Å². The van der Waals surface area contributed by atoms with E-state index >= 15 is 0 Å². The molecule has 5 nitrogen and oxygen atoms in total. The zero-order chi connectivity index (χ0) is 17.0. The van der Waals surface area contributed by atoms with Crippen molar-refractivity contribution >= 4 is 29.2 Å². The van der Waals surface area contributed by atoms with Gasteiger partial charge in [0.15, 0.2) is 0 Å². The fourth-order valence-corrected chi connectivity index (χ4v) is 4.56. The van der Waals surface area contributed by atoms with Crippen LogP contribution in [0.5, 0.6) is 0 Å². The van der Waals surface area contributed by atoms with E-state index in [2.05, 4.69) is 40.5 Å². The van der Waals surface area contributed by atoms with E-state index in [1.54, 1.807) is 0 Å². The monoisotopic (exact) mass is 348 g/mol. The Kier molecular flexibility index (Phi) is 5.56. The normalized spacial score (nSPS) is 24.8. The SMILES string of the molecule is CN1CCN(c2ccccc2NC(=O)NCC2(C)CCCS2)CC1. The number of urea groups is 1. The van der Waals surface area contributed by atoms with Crippen molar-refractivity contribution in [3.63, 3.8) is 0 Å². The topological polar surface area (TPSA) is 47.6 Å². The van der Waals surface area contributed by atoms with Crippen molar-refractivity contribution in [2.24, 2.45) is 0 Å². The van der Waals surface area contributed by atoms with Gasteiger partial charge in [0.2, 0.25) is 0 Å². The first-order valence-corrected chi connectivity index (χ1v) is 9.76. The number of carbonyl (C=O) groups excluding carboxylic acids is 1. The number of benzene rings is 1. The Hall–Kier alpha value is -1.40. The van der Waals surface area contributed by atoms with Crippen LogP contribution in [0.3, 0.4) is 0 Å². The smallest absolute Gasteiger partial charge is 0.319 e. The van der Waals surface area contributed by atoms with E-state index in [-0.39, 0.29) is 10.8 Å². The predicted molar refractivity (Wildman–Crippen MR) is 103 cm³/mol. The molecule has 0 spiro atoms. The fraction of sp³-hybridized carbons (Fsp3) is 0.611. The Balaban J connectivity index is 1.59. The van der Waals surface area contributed by atoms with E-state index in [0.29, 0.717) is 0 Å². The van der Waals surface area contributed by atoms with Crippen molar-refractivity contribution < 1.29 is 4.79 Å². The van der Waals surface area contributed by atoms with Crippen LogP contribution in [0.2, 0.25) is 0 Å². The zero-order valence-electron chi connectivity index (χ0n) is 14.7. The van der Waals surface area contributed by atoms with Gasteiger partial charge >= 0.3 is 6.03 Å². The Labute approximate surface area is 149 Å². The number of anilines is 2. The van der Waals surface area contributed by atoms with Gasteiger partial charge in [-0.2, -0.15) is 11.8 Å². The van der Waals surface area contributed by atoms with Crippen LogP contribution in [0.15, 0.2) is 24.3 Å². The van der Waals surface area contributed by atoms with Crippen LogP contribution in [-0.4, -0.2) is 61.2 Å². The molecule has 2 aliphatic rings. The molecule has 2 heterocycles. The lowest BCUT2D eigenvalue weighted by atomic mass is 10.1. The Morgan fingerprint density at radius 3 is 2.71 bits per heavy atom. The predicted octanol–water partition coefficient (Wildman–Crippen LogP) is 2.85. The summed E-state index contributed by atoms with van der Waals surface area (Å²) >= 11 is 1.96. The maximum atomic E-state index is 12.3. The fourth-order valence-electron chi connectivity index (χ4n) is 3.31. The third-order valence-electron chi connectivity index (χ3n) is 4.92. The molecule has 0 saturated carbocycles. The Bertz CT molecular complexity index is 566. The van der Waals surface area contributed by atoms with Gasteiger partial charge in [0.25, 0.3) is 0 Å². The molecule has 2 fully saturated rings. The second-order valence-corrected chi connectivity index (χ2v) is 8.70. The number of carbonyl (C=O) groups is 1. The standard InChI is InChI=1S/C18H28N4OS/c1-18(8-5-13-24-18)14-19-17(23)20-15-6-3-4-7-16(15)22-11-9-21(2)10-12-22/h3-4,6-7H,5,8-14H2,1-2H3,(H2,19,20,23). The molecule has 0 aliphatic carbocycles. The van der Waals surface area contributed by atoms with Gasteiger partial charge in [0, 0.05) is 37.5 Å². The first kappa shape index (κ1) is 17.4. The van der Waals surface area contributed by atoms with Gasteiger partial charge in [-0.3, -0.25) is 0 Å². The van der Waals surface area contributed by atoms with Crippen LogP contribution in [-0.2, 0) is 0 Å². The van der Waals surface area contributed by atoms with Crippen molar-refractivity contribution in [2.75, 3.05) is 55.7 Å². The number of likely N-dealkylation sites (N-methyl/N-ethyl adjacent to an activating group) is 1. The number of nitrogens with one attached hydrogen (secondary N) is 2. The Morgan fingerprint density at radius 2 is 2.00 bits per heavy atom. The van der Waals surface area contributed by atoms with Crippen molar-refractivity contribution in [3.05, 3.63) is 24.3 Å². The summed E-state index contributed by atoms with van der Waals surface area (Å²) in [6, 6.07) is 7.98. The number of rotatable bonds is 4. The molecule has 1 aromatic carbocycles. The van der Waals surface area contributed by atoms with Crippen molar-refractivity contribution in [1.29, 1.82) is 0 Å². The number of para-hydroxylation sites is 2.